The number of hydrogen-bond donors (Lipinski definition) is 1. The van der Waals surface area contributed by atoms with E-state index in [9.17, 15) is 34.4 Å². The van der Waals surface area contributed by atoms with Crippen LogP contribution in [0.15, 0.2) is 18.2 Å². The van der Waals surface area contributed by atoms with Crippen molar-refractivity contribution in [1.82, 2.24) is 0 Å². The summed E-state index contributed by atoms with van der Waals surface area (Å²) >= 11 is 0. The minimum atomic E-state index is -1.63. The lowest BCUT2D eigenvalue weighted by Gasteiger charge is -2.43. The monoisotopic (exact) mass is 499 g/mol. The van der Waals surface area contributed by atoms with E-state index in [0.717, 1.165) is 33.8 Å². The van der Waals surface area contributed by atoms with Crippen LogP contribution in [-0.2, 0) is 49.5 Å². The first-order valence-corrected chi connectivity index (χ1v) is 10.3. The molecule has 0 radical (unpaired) electrons. The Morgan fingerprint density at radius 3 is 2.03 bits per heavy atom. The van der Waals surface area contributed by atoms with Crippen LogP contribution in [0.2, 0.25) is 0 Å². The number of ether oxygens (including phenoxy) is 6. The summed E-state index contributed by atoms with van der Waals surface area (Å²) in [6.07, 6.45) is -7.34. The van der Waals surface area contributed by atoms with Crippen molar-refractivity contribution in [1.29, 1.82) is 0 Å². The molecule has 1 saturated heterocycles. The molecule has 14 heteroatoms. The molecule has 1 aliphatic rings. The van der Waals surface area contributed by atoms with Crippen molar-refractivity contribution in [2.45, 2.75) is 65.0 Å². The second kappa shape index (κ2) is 12.1. The number of nitro groups is 1. The van der Waals surface area contributed by atoms with Gasteiger partial charge in [-0.3, -0.25) is 29.3 Å². The van der Waals surface area contributed by atoms with Gasteiger partial charge >= 0.3 is 29.6 Å². The first kappa shape index (κ1) is 27.5. The Labute approximate surface area is 199 Å². The van der Waals surface area contributed by atoms with Crippen molar-refractivity contribution < 1.29 is 57.6 Å². The quantitative estimate of drug-likeness (QED) is 0.215. The molecule has 35 heavy (non-hydrogen) atoms. The van der Waals surface area contributed by atoms with Gasteiger partial charge in [-0.05, 0) is 11.6 Å². The zero-order valence-corrected chi connectivity index (χ0v) is 19.3. The van der Waals surface area contributed by atoms with Gasteiger partial charge in [-0.2, -0.15) is 0 Å². The molecule has 192 valence electrons. The number of carbonyl (C=O) groups is 4. The zero-order valence-electron chi connectivity index (χ0n) is 19.3. The molecule has 1 aromatic rings. The number of benzene rings is 1. The molecule has 0 amide bonds. The third kappa shape index (κ3) is 7.61. The highest BCUT2D eigenvalue weighted by Crippen LogP contribution is 2.34. The maximum absolute atomic E-state index is 11.8. The Balaban J connectivity index is 2.55. The smallest absolute Gasteiger partial charge is 0.311 e. The molecule has 1 fully saturated rings. The molecular weight excluding hydrogens is 474 g/mol. The standard InChI is InChI=1S/C21H25NO13/c1-10(24)30-9-17-18(31-11(2)25)19(32-12(3)26)20(33-13(4)27)21(35-17)34-16-6-5-14(8-23)7-15(16)22(28)29/h5-7,17-21,23H,8-9H2,1-4H3/t17-,18+,19+,20-,21?/m1/s1. The average Bonchev–Trinajstić information content (AvgIpc) is 2.75. The summed E-state index contributed by atoms with van der Waals surface area (Å²) in [6.45, 7) is 3.34. The van der Waals surface area contributed by atoms with Gasteiger partial charge in [0.2, 0.25) is 12.4 Å². The van der Waals surface area contributed by atoms with E-state index in [1.807, 2.05) is 0 Å². The summed E-state index contributed by atoms with van der Waals surface area (Å²) in [5, 5.41) is 20.8. The first-order chi connectivity index (χ1) is 16.4. The lowest BCUT2D eigenvalue weighted by Crippen LogP contribution is -2.63. The SMILES string of the molecule is CC(=O)OC[C@H]1OC(Oc2ccc(CO)cc2[N+](=O)[O-])[C@H](OC(C)=O)[C@@H](OC(C)=O)[C@H]1OC(C)=O. The van der Waals surface area contributed by atoms with Gasteiger partial charge in [0.25, 0.3) is 0 Å². The second-order valence-electron chi connectivity index (χ2n) is 7.40. The van der Waals surface area contributed by atoms with E-state index in [2.05, 4.69) is 0 Å². The van der Waals surface area contributed by atoms with Gasteiger partial charge in [-0.25, -0.2) is 0 Å². The first-order valence-electron chi connectivity index (χ1n) is 10.3. The van der Waals surface area contributed by atoms with Gasteiger partial charge in [-0.15, -0.1) is 0 Å². The number of aliphatic hydroxyl groups excluding tert-OH is 1. The van der Waals surface area contributed by atoms with Crippen LogP contribution in [0, 0.1) is 10.1 Å². The van der Waals surface area contributed by atoms with E-state index in [-0.39, 0.29) is 11.3 Å². The van der Waals surface area contributed by atoms with E-state index >= 15 is 0 Å². The molecule has 14 nitrogen and oxygen atoms in total. The molecule has 1 N–H and O–H groups in total. The maximum atomic E-state index is 11.8. The van der Waals surface area contributed by atoms with Gasteiger partial charge < -0.3 is 33.5 Å². The van der Waals surface area contributed by atoms with Crippen molar-refractivity contribution in [3.63, 3.8) is 0 Å². The van der Waals surface area contributed by atoms with E-state index in [1.54, 1.807) is 0 Å². The Kier molecular flexibility index (Phi) is 9.48. The fraction of sp³-hybridized carbons (Fsp3) is 0.524. The van der Waals surface area contributed by atoms with Crippen molar-refractivity contribution in [2.75, 3.05) is 6.61 Å². The van der Waals surface area contributed by atoms with E-state index in [1.165, 1.54) is 12.1 Å². The summed E-state index contributed by atoms with van der Waals surface area (Å²) in [7, 11) is 0. The molecule has 1 aromatic carbocycles. The molecule has 5 atom stereocenters. The summed E-state index contributed by atoms with van der Waals surface area (Å²) in [5.74, 6) is -3.52. The molecule has 1 aliphatic heterocycles. The molecule has 1 heterocycles. The Morgan fingerprint density at radius 1 is 0.943 bits per heavy atom. The second-order valence-corrected chi connectivity index (χ2v) is 7.40. The molecule has 0 spiro atoms. The lowest BCUT2D eigenvalue weighted by atomic mass is 9.98. The van der Waals surface area contributed by atoms with Crippen molar-refractivity contribution >= 4 is 29.6 Å². The Hall–Kier alpha value is -3.78. The van der Waals surface area contributed by atoms with Gasteiger partial charge in [0.15, 0.2) is 18.0 Å². The maximum Gasteiger partial charge on any atom is 0.311 e. The zero-order chi connectivity index (χ0) is 26.3. The van der Waals surface area contributed by atoms with Crippen molar-refractivity contribution in [3.8, 4) is 5.75 Å². The lowest BCUT2D eigenvalue weighted by molar-refractivity contribution is -0.387. The number of rotatable bonds is 9. The van der Waals surface area contributed by atoms with Gasteiger partial charge in [-0.1, -0.05) is 6.07 Å². The predicted octanol–water partition coefficient (Wildman–Crippen LogP) is 0.549. The van der Waals surface area contributed by atoms with Gasteiger partial charge in [0.05, 0.1) is 11.5 Å². The Bertz CT molecular complexity index is 978. The normalized spacial score (nSPS) is 23.5. The fourth-order valence-electron chi connectivity index (χ4n) is 3.31. The van der Waals surface area contributed by atoms with Crippen LogP contribution in [0.3, 0.4) is 0 Å². The highest BCUT2D eigenvalue weighted by Gasteiger charge is 2.53. The largest absolute Gasteiger partial charge is 0.463 e. The van der Waals surface area contributed by atoms with Crippen LogP contribution in [-0.4, -0.2) is 71.2 Å². The van der Waals surface area contributed by atoms with Crippen LogP contribution in [0.4, 0.5) is 5.69 Å². The van der Waals surface area contributed by atoms with Crippen LogP contribution in [0.5, 0.6) is 5.75 Å². The third-order valence-electron chi connectivity index (χ3n) is 4.59. The minimum Gasteiger partial charge on any atom is -0.463 e. The van der Waals surface area contributed by atoms with Crippen LogP contribution in [0.25, 0.3) is 0 Å². The Morgan fingerprint density at radius 2 is 1.51 bits per heavy atom. The molecule has 0 bridgehead atoms. The molecule has 1 unspecified atom stereocenters. The minimum absolute atomic E-state index is 0.227. The summed E-state index contributed by atoms with van der Waals surface area (Å²) < 4.78 is 32.1. The molecule has 0 saturated carbocycles. The molecule has 2 rings (SSSR count). The fourth-order valence-corrected chi connectivity index (χ4v) is 3.31. The van der Waals surface area contributed by atoms with E-state index in [0.29, 0.717) is 0 Å². The topological polar surface area (TPSA) is 187 Å². The van der Waals surface area contributed by atoms with Gasteiger partial charge in [0, 0.05) is 33.8 Å². The van der Waals surface area contributed by atoms with E-state index in [4.69, 9.17) is 28.4 Å². The molecule has 0 aromatic heterocycles. The van der Waals surface area contributed by atoms with E-state index < -0.39 is 78.4 Å². The number of aliphatic hydroxyl groups is 1. The summed E-state index contributed by atoms with van der Waals surface area (Å²) in [4.78, 5) is 57.6. The number of nitro benzene ring substituents is 1. The van der Waals surface area contributed by atoms with Crippen LogP contribution < -0.4 is 4.74 Å². The number of nitrogens with zero attached hydrogens (tertiary/aromatic N) is 1. The number of hydrogen-bond acceptors (Lipinski definition) is 13. The summed E-state index contributed by atoms with van der Waals surface area (Å²) in [6, 6.07) is 3.62. The summed E-state index contributed by atoms with van der Waals surface area (Å²) in [5.41, 5.74) is -0.310. The number of carbonyl (C=O) groups excluding carboxylic acids is 4. The molecule has 0 aliphatic carbocycles. The number of esters is 4. The third-order valence-corrected chi connectivity index (χ3v) is 4.59. The van der Waals surface area contributed by atoms with Crippen LogP contribution in [0.1, 0.15) is 33.3 Å². The van der Waals surface area contributed by atoms with Gasteiger partial charge in [0.1, 0.15) is 12.7 Å². The predicted molar refractivity (Wildman–Crippen MR) is 112 cm³/mol. The highest BCUT2D eigenvalue weighted by atomic mass is 16.7. The highest BCUT2D eigenvalue weighted by molar-refractivity contribution is 5.68. The molecular formula is C21H25NO13. The van der Waals surface area contributed by atoms with Crippen LogP contribution >= 0.6 is 0 Å². The van der Waals surface area contributed by atoms with Crippen molar-refractivity contribution in [2.24, 2.45) is 0 Å². The average molecular weight is 499 g/mol. The van der Waals surface area contributed by atoms with Crippen molar-refractivity contribution in [3.05, 3.63) is 33.9 Å².